The maximum atomic E-state index is 12.7. The topological polar surface area (TPSA) is 74.1 Å². The number of hydrogen-bond acceptors (Lipinski definition) is 6. The zero-order valence-corrected chi connectivity index (χ0v) is 14.6. The predicted molar refractivity (Wildman–Crippen MR) is 98.4 cm³/mol. The highest BCUT2D eigenvalue weighted by Gasteiger charge is 2.15. The molecular formula is C19H13N3O3S. The third kappa shape index (κ3) is 2.89. The van der Waals surface area contributed by atoms with Gasteiger partial charge in [0, 0.05) is 11.6 Å². The summed E-state index contributed by atoms with van der Waals surface area (Å²) in [6, 6.07) is 16.3. The number of aromatic nitrogens is 3. The minimum Gasteiger partial charge on any atom is -0.465 e. The van der Waals surface area contributed by atoms with Gasteiger partial charge in [0.05, 0.1) is 17.5 Å². The van der Waals surface area contributed by atoms with Crippen LogP contribution in [-0.4, -0.2) is 33.8 Å². The summed E-state index contributed by atoms with van der Waals surface area (Å²) in [5.41, 5.74) is 1.69. The summed E-state index contributed by atoms with van der Waals surface area (Å²) >= 11 is 1.26. The maximum Gasteiger partial charge on any atom is 0.348 e. The molecule has 4 aromatic rings. The molecule has 0 atom stereocenters. The van der Waals surface area contributed by atoms with E-state index in [1.165, 1.54) is 23.1 Å². The molecule has 3 aromatic heterocycles. The summed E-state index contributed by atoms with van der Waals surface area (Å²) in [5, 5.41) is 5.29. The first-order chi connectivity index (χ1) is 12.7. The van der Waals surface area contributed by atoms with Crippen molar-refractivity contribution in [1.82, 2.24) is 14.8 Å². The van der Waals surface area contributed by atoms with Gasteiger partial charge in [-0.2, -0.15) is 5.10 Å². The fraction of sp³-hybridized carbons (Fsp3) is 0.0526. The Kier molecular flexibility index (Phi) is 4.06. The fourth-order valence-corrected chi connectivity index (χ4v) is 3.45. The van der Waals surface area contributed by atoms with Crippen LogP contribution in [0.2, 0.25) is 0 Å². The van der Waals surface area contributed by atoms with Crippen LogP contribution in [0.5, 0.6) is 0 Å². The number of para-hydroxylation sites is 1. The Morgan fingerprint density at radius 2 is 1.88 bits per heavy atom. The second kappa shape index (κ2) is 6.53. The largest absolute Gasteiger partial charge is 0.465 e. The highest BCUT2D eigenvalue weighted by atomic mass is 32.1. The molecule has 128 valence electrons. The Balaban J connectivity index is 1.63. The highest BCUT2D eigenvalue weighted by Crippen LogP contribution is 2.27. The number of rotatable bonds is 3. The number of fused-ring (bicyclic) bond motifs is 1. The first-order valence-corrected chi connectivity index (χ1v) is 8.62. The molecule has 0 aliphatic heterocycles. The van der Waals surface area contributed by atoms with E-state index >= 15 is 0 Å². The summed E-state index contributed by atoms with van der Waals surface area (Å²) in [4.78, 5) is 29.9. The van der Waals surface area contributed by atoms with Crippen molar-refractivity contribution in [2.24, 2.45) is 0 Å². The van der Waals surface area contributed by atoms with Crippen molar-refractivity contribution in [2.75, 3.05) is 7.11 Å². The van der Waals surface area contributed by atoms with Crippen LogP contribution in [0.15, 0.2) is 60.8 Å². The van der Waals surface area contributed by atoms with Crippen molar-refractivity contribution in [3.05, 3.63) is 71.4 Å². The van der Waals surface area contributed by atoms with E-state index in [1.807, 2.05) is 30.3 Å². The van der Waals surface area contributed by atoms with E-state index in [-0.39, 0.29) is 5.91 Å². The standard InChI is InChI=1S/C19H13N3O3S/c1-25-19(24)17-9-8-16(26-17)14-10-11-22(21-14)18(23)15-7-6-12-4-2-3-5-13(12)20-15/h2-11H,1H3. The molecule has 0 saturated heterocycles. The molecule has 0 amide bonds. The highest BCUT2D eigenvalue weighted by molar-refractivity contribution is 7.17. The first kappa shape index (κ1) is 16.2. The SMILES string of the molecule is COC(=O)c1ccc(-c2ccn(C(=O)c3ccc4ccccc4n3)n2)s1. The summed E-state index contributed by atoms with van der Waals surface area (Å²) in [6.45, 7) is 0. The van der Waals surface area contributed by atoms with Crippen molar-refractivity contribution in [3.63, 3.8) is 0 Å². The number of carbonyl (C=O) groups is 2. The van der Waals surface area contributed by atoms with Crippen LogP contribution in [0, 0.1) is 0 Å². The van der Waals surface area contributed by atoms with Gasteiger partial charge in [-0.1, -0.05) is 24.3 Å². The van der Waals surface area contributed by atoms with Crippen LogP contribution in [0.4, 0.5) is 0 Å². The van der Waals surface area contributed by atoms with Crippen LogP contribution in [0.25, 0.3) is 21.5 Å². The van der Waals surface area contributed by atoms with E-state index in [0.29, 0.717) is 16.3 Å². The second-order valence-corrected chi connectivity index (χ2v) is 6.58. The molecule has 3 heterocycles. The Morgan fingerprint density at radius 1 is 1.04 bits per heavy atom. The fourth-order valence-electron chi connectivity index (χ4n) is 2.56. The number of pyridine rings is 1. The predicted octanol–water partition coefficient (Wildman–Crippen LogP) is 3.63. The van der Waals surface area contributed by atoms with Gasteiger partial charge in [0.25, 0.3) is 5.91 Å². The monoisotopic (exact) mass is 363 g/mol. The Labute approximate surface area is 152 Å². The number of methoxy groups -OCH3 is 1. The van der Waals surface area contributed by atoms with E-state index < -0.39 is 5.97 Å². The van der Waals surface area contributed by atoms with Crippen LogP contribution in [0.3, 0.4) is 0 Å². The summed E-state index contributed by atoms with van der Waals surface area (Å²) in [7, 11) is 1.34. The molecule has 0 radical (unpaired) electrons. The normalized spacial score (nSPS) is 10.8. The van der Waals surface area contributed by atoms with E-state index in [4.69, 9.17) is 4.74 Å². The van der Waals surface area contributed by atoms with Gasteiger partial charge < -0.3 is 4.74 Å². The number of esters is 1. The van der Waals surface area contributed by atoms with Gasteiger partial charge >= 0.3 is 5.97 Å². The van der Waals surface area contributed by atoms with Gasteiger partial charge in [-0.15, -0.1) is 11.3 Å². The number of carbonyl (C=O) groups excluding carboxylic acids is 2. The van der Waals surface area contributed by atoms with Crippen LogP contribution < -0.4 is 0 Å². The molecule has 0 unspecified atom stereocenters. The number of ether oxygens (including phenoxy) is 1. The lowest BCUT2D eigenvalue weighted by atomic mass is 10.2. The smallest absolute Gasteiger partial charge is 0.348 e. The molecule has 0 fully saturated rings. The van der Waals surface area contributed by atoms with Gasteiger partial charge in [0.1, 0.15) is 16.3 Å². The molecule has 26 heavy (non-hydrogen) atoms. The van der Waals surface area contributed by atoms with Gasteiger partial charge in [-0.25, -0.2) is 14.5 Å². The number of benzene rings is 1. The van der Waals surface area contributed by atoms with Gasteiger partial charge in [-0.3, -0.25) is 4.79 Å². The zero-order chi connectivity index (χ0) is 18.1. The molecular weight excluding hydrogens is 350 g/mol. The number of hydrogen-bond donors (Lipinski definition) is 0. The Bertz CT molecular complexity index is 1130. The average Bonchev–Trinajstić information content (AvgIpc) is 3.36. The van der Waals surface area contributed by atoms with E-state index in [9.17, 15) is 9.59 Å². The molecule has 1 aromatic carbocycles. The first-order valence-electron chi connectivity index (χ1n) is 7.80. The van der Waals surface area contributed by atoms with Gasteiger partial charge in [-0.05, 0) is 30.3 Å². The number of nitrogens with zero attached hydrogens (tertiary/aromatic N) is 3. The molecule has 0 bridgehead atoms. The third-order valence-corrected chi connectivity index (χ3v) is 4.95. The van der Waals surface area contributed by atoms with Crippen LogP contribution in [-0.2, 0) is 4.74 Å². The minimum atomic E-state index is -0.392. The summed E-state index contributed by atoms with van der Waals surface area (Å²) < 4.78 is 5.96. The lowest BCUT2D eigenvalue weighted by molar-refractivity contribution is 0.0606. The van der Waals surface area contributed by atoms with E-state index in [0.717, 1.165) is 15.8 Å². The average molecular weight is 363 g/mol. The quantitative estimate of drug-likeness (QED) is 0.520. The molecule has 4 rings (SSSR count). The number of thiophene rings is 1. The molecule has 0 N–H and O–H groups in total. The van der Waals surface area contributed by atoms with Crippen LogP contribution in [0.1, 0.15) is 20.2 Å². The Hall–Kier alpha value is -3.32. The van der Waals surface area contributed by atoms with Crippen molar-refractivity contribution in [3.8, 4) is 10.6 Å². The van der Waals surface area contributed by atoms with Gasteiger partial charge in [0.2, 0.25) is 0 Å². The second-order valence-electron chi connectivity index (χ2n) is 5.50. The van der Waals surface area contributed by atoms with E-state index in [2.05, 4.69) is 10.1 Å². The van der Waals surface area contributed by atoms with Crippen molar-refractivity contribution >= 4 is 34.1 Å². The molecule has 7 heteroatoms. The maximum absolute atomic E-state index is 12.7. The Morgan fingerprint density at radius 3 is 2.73 bits per heavy atom. The molecule has 0 saturated carbocycles. The van der Waals surface area contributed by atoms with E-state index in [1.54, 1.807) is 30.5 Å². The van der Waals surface area contributed by atoms with Crippen molar-refractivity contribution in [1.29, 1.82) is 0 Å². The molecule has 0 aliphatic rings. The van der Waals surface area contributed by atoms with Crippen molar-refractivity contribution in [2.45, 2.75) is 0 Å². The zero-order valence-electron chi connectivity index (χ0n) is 13.7. The van der Waals surface area contributed by atoms with Crippen molar-refractivity contribution < 1.29 is 14.3 Å². The molecule has 6 nitrogen and oxygen atoms in total. The molecule has 0 aliphatic carbocycles. The molecule has 0 spiro atoms. The third-order valence-electron chi connectivity index (χ3n) is 3.86. The lowest BCUT2D eigenvalue weighted by Gasteiger charge is -2.02. The minimum absolute atomic E-state index is 0.313. The van der Waals surface area contributed by atoms with Gasteiger partial charge in [0.15, 0.2) is 0 Å². The summed E-state index contributed by atoms with van der Waals surface area (Å²) in [5.74, 6) is -0.705. The summed E-state index contributed by atoms with van der Waals surface area (Å²) in [6.07, 6.45) is 1.59. The van der Waals surface area contributed by atoms with Crippen LogP contribution >= 0.6 is 11.3 Å². The lowest BCUT2D eigenvalue weighted by Crippen LogP contribution is -2.14.